The SMILES string of the molecule is CCc1c2c(nc3ccc(O)cc13)-c1cc3c(c(=O)n1C2)COC(=O)C3(CC)OC(=O)N1CCN(Cc2ccc3c(c2)CN(C(=O)c2cc(C(C)C)c(O)cc2O)C3)CC1.CCc1c2c(nc3ccc(OC(=O)OC(C)(C)C)cc13)-c1cc3c(c(=O)n1C2)COC(=O)C3(CC)OC(=O)N1CCN(Cc2ccc3c(c2)CN(C(=O)c2cc(C(C)C)c(O)cc2O)C3)CC1. The van der Waals surface area contributed by atoms with Gasteiger partial charge in [-0.1, -0.05) is 91.8 Å². The van der Waals surface area contributed by atoms with Crippen molar-refractivity contribution in [2.24, 2.45) is 0 Å². The number of hydrogen-bond donors (Lipinski definition) is 5. The number of hydrogen-bond acceptors (Lipinski definition) is 24. The third-order valence-corrected chi connectivity index (χ3v) is 26.0. The summed E-state index contributed by atoms with van der Waals surface area (Å²) in [6, 6.07) is 31.6. The van der Waals surface area contributed by atoms with Crippen LogP contribution in [0.25, 0.3) is 44.6 Å². The van der Waals surface area contributed by atoms with Crippen LogP contribution < -0.4 is 15.9 Å². The topological polar surface area (TPSA) is 365 Å². The number of rotatable bonds is 15. The van der Waals surface area contributed by atoms with Gasteiger partial charge in [0.25, 0.3) is 22.9 Å². The first-order valence-electron chi connectivity index (χ1n) is 43.4. The first-order chi connectivity index (χ1) is 60.7. The average Bonchev–Trinajstić information content (AvgIpc) is 1.62. The predicted octanol–water partition coefficient (Wildman–Crippen LogP) is 13.6. The number of fused-ring (bicyclic) bond motifs is 12. The summed E-state index contributed by atoms with van der Waals surface area (Å²) in [6.45, 7) is 26.8. The quantitative estimate of drug-likeness (QED) is 0.0361. The average molecular weight is 1730 g/mol. The number of cyclic esters (lactones) is 2. The first-order valence-corrected chi connectivity index (χ1v) is 43.4. The molecule has 2 fully saturated rings. The largest absolute Gasteiger partial charge is 0.514 e. The van der Waals surface area contributed by atoms with Crippen molar-refractivity contribution in [2.45, 2.75) is 196 Å². The molecule has 30 heteroatoms. The van der Waals surface area contributed by atoms with Crippen molar-refractivity contribution in [3.05, 3.63) is 230 Å². The fourth-order valence-corrected chi connectivity index (χ4v) is 19.1. The summed E-state index contributed by atoms with van der Waals surface area (Å²) >= 11 is 0. The second-order valence-electron chi connectivity index (χ2n) is 35.6. The molecule has 12 heterocycles. The minimum atomic E-state index is -1.87. The van der Waals surface area contributed by atoms with Gasteiger partial charge in [0.1, 0.15) is 53.3 Å². The van der Waals surface area contributed by atoms with Gasteiger partial charge in [-0.2, -0.15) is 0 Å². The summed E-state index contributed by atoms with van der Waals surface area (Å²) in [5, 5.41) is 53.4. The summed E-state index contributed by atoms with van der Waals surface area (Å²) < 4.78 is 37.7. The normalized spacial score (nSPS) is 18.0. The molecule has 30 nitrogen and oxygen atoms in total. The van der Waals surface area contributed by atoms with E-state index in [1.165, 1.54) is 12.1 Å². The molecule has 0 bridgehead atoms. The summed E-state index contributed by atoms with van der Waals surface area (Å²) in [5.74, 6) is -2.28. The molecule has 2 atom stereocenters. The van der Waals surface area contributed by atoms with Crippen LogP contribution in [0.5, 0.6) is 34.5 Å². The molecule has 6 aromatic carbocycles. The van der Waals surface area contributed by atoms with Gasteiger partial charge in [-0.25, -0.2) is 33.9 Å². The Morgan fingerprint density at radius 1 is 0.465 bits per heavy atom. The van der Waals surface area contributed by atoms with Gasteiger partial charge in [0.15, 0.2) is 0 Å². The zero-order chi connectivity index (χ0) is 89.9. The predicted molar refractivity (Wildman–Crippen MR) is 466 cm³/mol. The molecule has 4 amide bonds. The number of phenols is 5. The van der Waals surface area contributed by atoms with E-state index in [-0.39, 0.29) is 125 Å². The van der Waals surface area contributed by atoms with E-state index < -0.39 is 47.1 Å². The number of aromatic hydroxyl groups is 5. The molecule has 0 radical (unpaired) electrons. The minimum Gasteiger partial charge on any atom is -0.508 e. The first kappa shape index (κ1) is 85.8. The van der Waals surface area contributed by atoms with Crippen LogP contribution in [0.2, 0.25) is 0 Å². The van der Waals surface area contributed by atoms with Gasteiger partial charge in [-0.05, 0) is 175 Å². The third-order valence-electron chi connectivity index (χ3n) is 26.0. The Morgan fingerprint density at radius 2 is 0.882 bits per heavy atom. The Morgan fingerprint density at radius 3 is 1.29 bits per heavy atom. The number of carbonyl (C=O) groups excluding carboxylic acids is 7. The lowest BCUT2D eigenvalue weighted by atomic mass is 9.85. The van der Waals surface area contributed by atoms with Gasteiger partial charge >= 0.3 is 30.3 Å². The van der Waals surface area contributed by atoms with E-state index in [0.717, 1.165) is 66.4 Å². The van der Waals surface area contributed by atoms with Crippen LogP contribution in [0.1, 0.15) is 211 Å². The second-order valence-corrected chi connectivity index (χ2v) is 35.6. The molecule has 18 rings (SSSR count). The molecular weight excluding hydrogens is 1630 g/mol. The van der Waals surface area contributed by atoms with Crippen LogP contribution in [-0.4, -0.2) is 174 Å². The minimum absolute atomic E-state index is 0.0235. The molecule has 660 valence electrons. The lowest BCUT2D eigenvalue weighted by molar-refractivity contribution is -0.174. The highest BCUT2D eigenvalue weighted by atomic mass is 16.7. The van der Waals surface area contributed by atoms with E-state index in [9.17, 15) is 68.7 Å². The van der Waals surface area contributed by atoms with Gasteiger partial charge < -0.3 is 82.7 Å². The number of phenolic OH excluding ortho intramolecular Hbond substituents is 5. The number of esters is 2. The monoisotopic (exact) mass is 1730 g/mol. The maximum Gasteiger partial charge on any atom is 0.514 e. The molecule has 2 unspecified atom stereocenters. The molecule has 10 aromatic rings. The van der Waals surface area contributed by atoms with Crippen LogP contribution in [0.4, 0.5) is 14.4 Å². The number of benzene rings is 6. The zero-order valence-corrected chi connectivity index (χ0v) is 72.9. The van der Waals surface area contributed by atoms with E-state index in [1.807, 2.05) is 65.8 Å². The molecule has 0 spiro atoms. The van der Waals surface area contributed by atoms with Crippen molar-refractivity contribution < 1.29 is 87.5 Å². The fraction of sp³-hybridized carbons (Fsp3) is 0.392. The molecule has 0 aliphatic carbocycles. The molecular formula is C97H102N10O20. The standard InChI is InChI=1S/C51H55N5O11.C46H47N5O9/c1-8-33-35-19-32(65-49(63)67-50(5,6)7)12-13-40(35)52-44-37(33)26-56-41(44)21-39-38(46(56)60)27-64-47(61)51(39,9-2)66-48(62)54-16-14-53(15-17-54)23-29-10-11-30-24-55(25-31(30)18-29)45(59)36-20-34(28(3)4)42(57)22-43(36)58;1-5-30-32-16-29(52)9-10-37(32)47-41-34(30)23-51-38(41)18-36-35(43(51)56)24-59-44(57)46(36,6-2)60-45(58)49-13-11-48(12-14-49)20-26-7-8-27-21-50(22-28(27)15-26)42(55)33-17-31(25(3)4)39(53)19-40(33)54/h10-13,18-22,28,57-58H,8-9,14-17,23-27H2,1-7H3;7-10,15-19,25,52-54H,5-6,11-14,20-24H2,1-4H3. The number of aromatic nitrogens is 4. The highest BCUT2D eigenvalue weighted by Crippen LogP contribution is 2.47. The summed E-state index contributed by atoms with van der Waals surface area (Å²) in [5.41, 5.74) is 10.9. The lowest BCUT2D eigenvalue weighted by Crippen LogP contribution is -2.53. The number of pyridine rings is 4. The van der Waals surface area contributed by atoms with Gasteiger partial charge in [0.05, 0.1) is 69.2 Å². The Bertz CT molecular complexity index is 6410. The van der Waals surface area contributed by atoms with E-state index in [0.29, 0.717) is 166 Å². The van der Waals surface area contributed by atoms with E-state index >= 15 is 0 Å². The highest BCUT2D eigenvalue weighted by molar-refractivity contribution is 5.99. The number of carbonyl (C=O) groups is 7. The summed E-state index contributed by atoms with van der Waals surface area (Å²) in [6.07, 6.45) is -0.838. The van der Waals surface area contributed by atoms with Gasteiger partial charge in [-0.3, -0.25) is 29.0 Å². The Kier molecular flexibility index (Phi) is 22.4. The van der Waals surface area contributed by atoms with Crippen molar-refractivity contribution in [1.82, 2.24) is 48.5 Å². The lowest BCUT2D eigenvalue weighted by Gasteiger charge is -2.39. The maximum atomic E-state index is 14.3. The number of piperazine rings is 2. The van der Waals surface area contributed by atoms with Crippen LogP contribution >= 0.6 is 0 Å². The zero-order valence-electron chi connectivity index (χ0n) is 72.9. The Hall–Kier alpha value is -13.4. The van der Waals surface area contributed by atoms with Gasteiger partial charge in [-0.15, -0.1) is 0 Å². The summed E-state index contributed by atoms with van der Waals surface area (Å²) in [4.78, 5) is 144. The van der Waals surface area contributed by atoms with Crippen LogP contribution in [0.3, 0.4) is 0 Å². The Labute approximate surface area is 732 Å². The molecule has 8 aliphatic rings. The number of ether oxygens (including phenoxy) is 6. The number of aryl methyl sites for hydroxylation is 2. The molecule has 2 saturated heterocycles. The van der Waals surface area contributed by atoms with Crippen molar-refractivity contribution in [3.63, 3.8) is 0 Å². The summed E-state index contributed by atoms with van der Waals surface area (Å²) in [7, 11) is 0. The van der Waals surface area contributed by atoms with Crippen molar-refractivity contribution in [2.75, 3.05) is 52.4 Å². The highest BCUT2D eigenvalue weighted by Gasteiger charge is 2.54. The maximum absolute atomic E-state index is 14.3. The Balaban J connectivity index is 0.000000180. The number of amides is 4. The van der Waals surface area contributed by atoms with Crippen molar-refractivity contribution in [1.29, 1.82) is 0 Å². The molecule has 0 saturated carbocycles. The number of nitrogens with zero attached hydrogens (tertiary/aromatic N) is 10. The van der Waals surface area contributed by atoms with Gasteiger partial charge in [0.2, 0.25) is 11.2 Å². The van der Waals surface area contributed by atoms with E-state index in [4.69, 9.17) is 38.4 Å². The van der Waals surface area contributed by atoms with Crippen LogP contribution in [0.15, 0.2) is 119 Å². The molecule has 127 heavy (non-hydrogen) atoms. The van der Waals surface area contributed by atoms with Crippen LogP contribution in [-0.2, 0) is 123 Å². The van der Waals surface area contributed by atoms with Gasteiger partial charge in [0, 0.05) is 137 Å². The third kappa shape index (κ3) is 15.6. The van der Waals surface area contributed by atoms with Crippen molar-refractivity contribution in [3.8, 4) is 57.3 Å². The molecule has 5 N–H and O–H groups in total. The second kappa shape index (κ2) is 33.2. The van der Waals surface area contributed by atoms with Crippen molar-refractivity contribution >= 4 is 63.9 Å². The molecule has 4 aromatic heterocycles. The van der Waals surface area contributed by atoms with E-state index in [1.54, 1.807) is 124 Å². The fourth-order valence-electron chi connectivity index (χ4n) is 19.1. The smallest absolute Gasteiger partial charge is 0.508 e. The van der Waals surface area contributed by atoms with E-state index in [2.05, 4.69) is 21.9 Å². The van der Waals surface area contributed by atoms with Crippen LogP contribution in [0, 0.1) is 0 Å². The molecule has 8 aliphatic heterocycles.